The molecule has 18 heavy (non-hydrogen) atoms. The van der Waals surface area contributed by atoms with Gasteiger partial charge in [0.25, 0.3) is 0 Å². The minimum atomic E-state index is -0.488. The van der Waals surface area contributed by atoms with Crippen LogP contribution in [0.2, 0.25) is 0 Å². The summed E-state index contributed by atoms with van der Waals surface area (Å²) in [5, 5.41) is 10.4. The molecule has 2 aliphatic carbocycles. The summed E-state index contributed by atoms with van der Waals surface area (Å²) in [7, 11) is 2.04. The Hall–Kier alpha value is -0.410. The molecule has 0 heterocycles. The van der Waals surface area contributed by atoms with Gasteiger partial charge in [-0.1, -0.05) is 19.8 Å². The van der Waals surface area contributed by atoms with Crippen LogP contribution in [0.15, 0.2) is 0 Å². The van der Waals surface area contributed by atoms with Crippen molar-refractivity contribution in [2.24, 2.45) is 11.8 Å². The first-order valence-electron chi connectivity index (χ1n) is 7.42. The molecule has 2 aliphatic rings. The number of nitrogens with zero attached hydrogens (tertiary/aromatic N) is 1. The molecule has 3 nitrogen and oxygen atoms in total. The summed E-state index contributed by atoms with van der Waals surface area (Å²) in [5.41, 5.74) is -0.488. The highest BCUT2D eigenvalue weighted by atomic mass is 16.3. The highest BCUT2D eigenvalue weighted by Crippen LogP contribution is 2.31. The first kappa shape index (κ1) is 14.0. The van der Waals surface area contributed by atoms with Crippen LogP contribution >= 0.6 is 0 Å². The summed E-state index contributed by atoms with van der Waals surface area (Å²) in [6.07, 6.45) is 6.97. The van der Waals surface area contributed by atoms with Crippen molar-refractivity contribution in [1.82, 2.24) is 4.90 Å². The molecule has 0 aromatic carbocycles. The van der Waals surface area contributed by atoms with Gasteiger partial charge in [0.05, 0.1) is 5.60 Å². The lowest BCUT2D eigenvalue weighted by molar-refractivity contribution is -0.126. The summed E-state index contributed by atoms with van der Waals surface area (Å²) in [6.45, 7) is 3.79. The van der Waals surface area contributed by atoms with Crippen LogP contribution in [0.25, 0.3) is 0 Å². The standard InChI is InChI=1S/C15H27NO2/c1-12-5-6-14(17)13(9-12)10-16(2)11-15(18)7-3-4-8-15/h12-13,18H,3-11H2,1-2H3. The molecule has 0 saturated heterocycles. The van der Waals surface area contributed by atoms with Gasteiger partial charge in [-0.15, -0.1) is 0 Å². The normalized spacial score (nSPS) is 32.1. The monoisotopic (exact) mass is 253 g/mol. The molecule has 0 spiro atoms. The molecule has 104 valence electrons. The van der Waals surface area contributed by atoms with Crippen molar-refractivity contribution in [2.45, 2.75) is 57.5 Å². The third-order valence-corrected chi connectivity index (χ3v) is 4.66. The predicted octanol–water partition coefficient (Wildman–Crippen LogP) is 2.23. The van der Waals surface area contributed by atoms with E-state index in [1.807, 2.05) is 7.05 Å². The van der Waals surface area contributed by atoms with Gasteiger partial charge in [-0.2, -0.15) is 0 Å². The molecule has 2 fully saturated rings. The highest BCUT2D eigenvalue weighted by Gasteiger charge is 2.34. The molecule has 1 N–H and O–H groups in total. The Labute approximate surface area is 111 Å². The minimum Gasteiger partial charge on any atom is -0.389 e. The van der Waals surface area contributed by atoms with Gasteiger partial charge in [-0.3, -0.25) is 4.79 Å². The van der Waals surface area contributed by atoms with Crippen molar-refractivity contribution in [3.8, 4) is 0 Å². The van der Waals surface area contributed by atoms with Gasteiger partial charge in [0.2, 0.25) is 0 Å². The fourth-order valence-electron chi connectivity index (χ4n) is 3.64. The van der Waals surface area contributed by atoms with Gasteiger partial charge < -0.3 is 10.0 Å². The van der Waals surface area contributed by atoms with Crippen molar-refractivity contribution < 1.29 is 9.90 Å². The van der Waals surface area contributed by atoms with Crippen molar-refractivity contribution >= 4 is 5.78 Å². The Morgan fingerprint density at radius 3 is 2.72 bits per heavy atom. The molecule has 2 saturated carbocycles. The van der Waals surface area contributed by atoms with E-state index >= 15 is 0 Å². The number of hydrogen-bond acceptors (Lipinski definition) is 3. The van der Waals surface area contributed by atoms with Crippen molar-refractivity contribution in [1.29, 1.82) is 0 Å². The van der Waals surface area contributed by atoms with E-state index in [0.29, 0.717) is 11.7 Å². The molecule has 0 radical (unpaired) electrons. The van der Waals surface area contributed by atoms with E-state index in [1.54, 1.807) is 0 Å². The van der Waals surface area contributed by atoms with E-state index in [4.69, 9.17) is 0 Å². The maximum absolute atomic E-state index is 11.9. The second-order valence-electron chi connectivity index (χ2n) is 6.67. The largest absolute Gasteiger partial charge is 0.389 e. The average Bonchev–Trinajstić information content (AvgIpc) is 2.70. The summed E-state index contributed by atoms with van der Waals surface area (Å²) < 4.78 is 0. The van der Waals surface area contributed by atoms with Crippen LogP contribution in [0.1, 0.15) is 51.9 Å². The molecule has 3 heteroatoms. The molecule has 2 atom stereocenters. The van der Waals surface area contributed by atoms with Crippen LogP contribution in [0.4, 0.5) is 0 Å². The van der Waals surface area contributed by atoms with E-state index in [0.717, 1.165) is 58.0 Å². The Kier molecular flexibility index (Phi) is 4.44. The number of likely N-dealkylation sites (N-methyl/N-ethyl adjacent to an activating group) is 1. The maximum atomic E-state index is 11.9. The van der Waals surface area contributed by atoms with Gasteiger partial charge in [0.1, 0.15) is 5.78 Å². The first-order chi connectivity index (χ1) is 8.48. The summed E-state index contributed by atoms with van der Waals surface area (Å²) in [5.74, 6) is 1.30. The van der Waals surface area contributed by atoms with Crippen molar-refractivity contribution in [2.75, 3.05) is 20.1 Å². The second-order valence-corrected chi connectivity index (χ2v) is 6.67. The van der Waals surface area contributed by atoms with Crippen LogP contribution in [-0.4, -0.2) is 41.5 Å². The van der Waals surface area contributed by atoms with E-state index in [9.17, 15) is 9.90 Å². The molecule has 0 amide bonds. The zero-order valence-electron chi connectivity index (χ0n) is 11.8. The third kappa shape index (κ3) is 3.55. The quantitative estimate of drug-likeness (QED) is 0.835. The Bertz CT molecular complexity index is 297. The van der Waals surface area contributed by atoms with Crippen LogP contribution in [0, 0.1) is 11.8 Å². The molecule has 0 aromatic rings. The zero-order valence-corrected chi connectivity index (χ0v) is 11.8. The molecular weight excluding hydrogens is 226 g/mol. The highest BCUT2D eigenvalue weighted by molar-refractivity contribution is 5.81. The SMILES string of the molecule is CC1CCC(=O)C(CN(C)CC2(O)CCCC2)C1. The molecule has 0 bridgehead atoms. The van der Waals surface area contributed by atoms with E-state index in [2.05, 4.69) is 11.8 Å². The van der Waals surface area contributed by atoms with E-state index < -0.39 is 5.60 Å². The second kappa shape index (κ2) is 5.70. The number of hydrogen-bond donors (Lipinski definition) is 1. The zero-order chi connectivity index (χ0) is 13.2. The summed E-state index contributed by atoms with van der Waals surface area (Å²) in [4.78, 5) is 14.1. The Morgan fingerprint density at radius 2 is 2.06 bits per heavy atom. The van der Waals surface area contributed by atoms with Gasteiger partial charge in [0, 0.05) is 25.4 Å². The summed E-state index contributed by atoms with van der Waals surface area (Å²) >= 11 is 0. The molecule has 0 aromatic heterocycles. The van der Waals surface area contributed by atoms with E-state index in [-0.39, 0.29) is 5.92 Å². The number of aliphatic hydroxyl groups is 1. The smallest absolute Gasteiger partial charge is 0.137 e. The molecule has 2 unspecified atom stereocenters. The lowest BCUT2D eigenvalue weighted by atomic mass is 9.81. The minimum absolute atomic E-state index is 0.198. The fraction of sp³-hybridized carbons (Fsp3) is 0.933. The average molecular weight is 253 g/mol. The number of carbonyl (C=O) groups is 1. The van der Waals surface area contributed by atoms with E-state index in [1.165, 1.54) is 0 Å². The van der Waals surface area contributed by atoms with Gasteiger partial charge in [-0.25, -0.2) is 0 Å². The van der Waals surface area contributed by atoms with Crippen molar-refractivity contribution in [3.63, 3.8) is 0 Å². The molecule has 2 rings (SSSR count). The molecular formula is C15H27NO2. The van der Waals surface area contributed by atoms with Gasteiger partial charge in [0.15, 0.2) is 0 Å². The number of rotatable bonds is 4. The number of Topliss-reactive ketones (excluding diaryl/α,β-unsaturated/α-hetero) is 1. The maximum Gasteiger partial charge on any atom is 0.137 e. The Morgan fingerprint density at radius 1 is 1.39 bits per heavy atom. The van der Waals surface area contributed by atoms with Crippen LogP contribution in [0.5, 0.6) is 0 Å². The first-order valence-corrected chi connectivity index (χ1v) is 7.42. The van der Waals surface area contributed by atoms with Gasteiger partial charge in [-0.05, 0) is 38.6 Å². The number of carbonyl (C=O) groups excluding carboxylic acids is 1. The third-order valence-electron chi connectivity index (χ3n) is 4.66. The molecule has 0 aliphatic heterocycles. The van der Waals surface area contributed by atoms with Crippen LogP contribution < -0.4 is 0 Å². The van der Waals surface area contributed by atoms with Crippen LogP contribution in [-0.2, 0) is 4.79 Å². The topological polar surface area (TPSA) is 40.5 Å². The lowest BCUT2D eigenvalue weighted by Gasteiger charge is -2.33. The number of ketones is 1. The summed E-state index contributed by atoms with van der Waals surface area (Å²) in [6, 6.07) is 0. The fourth-order valence-corrected chi connectivity index (χ4v) is 3.64. The Balaban J connectivity index is 1.82. The lowest BCUT2D eigenvalue weighted by Crippen LogP contribution is -2.43. The predicted molar refractivity (Wildman–Crippen MR) is 72.4 cm³/mol. The van der Waals surface area contributed by atoms with Crippen molar-refractivity contribution in [3.05, 3.63) is 0 Å². The van der Waals surface area contributed by atoms with Gasteiger partial charge >= 0.3 is 0 Å². The van der Waals surface area contributed by atoms with Crippen LogP contribution in [0.3, 0.4) is 0 Å².